The van der Waals surface area contributed by atoms with Crippen LogP contribution < -0.4 is 10.2 Å². The largest absolute Gasteiger partial charge is 0.371 e. The van der Waals surface area contributed by atoms with E-state index < -0.39 is 0 Å². The molecule has 2 rings (SSSR count). The topological polar surface area (TPSA) is 15.3 Å². The Hall–Kier alpha value is -1.02. The Kier molecular flexibility index (Phi) is 5.26. The maximum absolute atomic E-state index is 3.41. The number of aryl methyl sites for hydroxylation is 1. The molecule has 0 bridgehead atoms. The summed E-state index contributed by atoms with van der Waals surface area (Å²) in [7, 11) is 0. The molecule has 0 radical (unpaired) electrons. The molecule has 2 heteroatoms. The van der Waals surface area contributed by atoms with Crippen LogP contribution in [0.25, 0.3) is 0 Å². The molecule has 1 unspecified atom stereocenters. The zero-order chi connectivity index (χ0) is 13.7. The molecule has 0 aliphatic carbocycles. The zero-order valence-corrected chi connectivity index (χ0v) is 12.7. The van der Waals surface area contributed by atoms with E-state index in [0.717, 1.165) is 19.0 Å². The monoisotopic (exact) mass is 260 g/mol. The third-order valence-corrected chi connectivity index (χ3v) is 4.35. The van der Waals surface area contributed by atoms with E-state index in [2.05, 4.69) is 49.2 Å². The smallest absolute Gasteiger partial charge is 0.0369 e. The van der Waals surface area contributed by atoms with E-state index in [4.69, 9.17) is 0 Å². The highest BCUT2D eigenvalue weighted by atomic mass is 15.1. The van der Waals surface area contributed by atoms with Crippen molar-refractivity contribution < 1.29 is 0 Å². The fourth-order valence-corrected chi connectivity index (χ4v) is 2.97. The molecule has 1 fully saturated rings. The van der Waals surface area contributed by atoms with Gasteiger partial charge in [0.15, 0.2) is 0 Å². The Labute approximate surface area is 118 Å². The molecule has 1 N–H and O–H groups in total. The van der Waals surface area contributed by atoms with Gasteiger partial charge in [-0.25, -0.2) is 0 Å². The van der Waals surface area contributed by atoms with Gasteiger partial charge in [-0.05, 0) is 55.5 Å². The van der Waals surface area contributed by atoms with Gasteiger partial charge >= 0.3 is 0 Å². The van der Waals surface area contributed by atoms with E-state index in [1.54, 1.807) is 0 Å². The number of piperidine rings is 1. The van der Waals surface area contributed by atoms with Crippen molar-refractivity contribution in [2.75, 3.05) is 24.5 Å². The van der Waals surface area contributed by atoms with Crippen LogP contribution in [0.2, 0.25) is 0 Å². The average molecular weight is 260 g/mol. The van der Waals surface area contributed by atoms with E-state index in [-0.39, 0.29) is 0 Å². The fourth-order valence-electron chi connectivity index (χ4n) is 2.97. The van der Waals surface area contributed by atoms with Crippen LogP contribution in [0.5, 0.6) is 0 Å². The molecule has 0 spiro atoms. The standard InChI is InChI=1S/C17H28N2/c1-4-15-7-6-10-19(13-15)17-9-8-16(12-18-5-2)14(3)11-17/h8-9,11,15,18H,4-7,10,12-13H2,1-3H3. The van der Waals surface area contributed by atoms with E-state index in [1.807, 2.05) is 0 Å². The molecule has 0 saturated carbocycles. The summed E-state index contributed by atoms with van der Waals surface area (Å²) < 4.78 is 0. The third kappa shape index (κ3) is 3.73. The van der Waals surface area contributed by atoms with Crippen LogP contribution in [0.4, 0.5) is 5.69 Å². The molecular formula is C17H28N2. The van der Waals surface area contributed by atoms with Crippen LogP contribution in [0.3, 0.4) is 0 Å². The highest BCUT2D eigenvalue weighted by molar-refractivity contribution is 5.51. The Bertz CT molecular complexity index is 400. The molecule has 1 aliphatic heterocycles. The Morgan fingerprint density at radius 3 is 2.84 bits per heavy atom. The first-order chi connectivity index (χ1) is 9.24. The quantitative estimate of drug-likeness (QED) is 0.868. The second-order valence-corrected chi connectivity index (χ2v) is 5.75. The van der Waals surface area contributed by atoms with Gasteiger partial charge in [0.05, 0.1) is 0 Å². The average Bonchev–Trinajstić information content (AvgIpc) is 2.46. The molecule has 106 valence electrons. The summed E-state index contributed by atoms with van der Waals surface area (Å²) in [5.41, 5.74) is 4.25. The normalized spacial score (nSPS) is 19.7. The third-order valence-electron chi connectivity index (χ3n) is 4.35. The van der Waals surface area contributed by atoms with E-state index >= 15 is 0 Å². The maximum Gasteiger partial charge on any atom is 0.0369 e. The predicted octanol–water partition coefficient (Wildman–Crippen LogP) is 3.73. The second kappa shape index (κ2) is 6.95. The molecule has 1 aromatic carbocycles. The van der Waals surface area contributed by atoms with Crippen molar-refractivity contribution in [1.82, 2.24) is 5.32 Å². The van der Waals surface area contributed by atoms with Crippen LogP contribution >= 0.6 is 0 Å². The van der Waals surface area contributed by atoms with Gasteiger partial charge in [-0.3, -0.25) is 0 Å². The van der Waals surface area contributed by atoms with Crippen LogP contribution in [0, 0.1) is 12.8 Å². The molecule has 1 heterocycles. The van der Waals surface area contributed by atoms with Gasteiger partial charge < -0.3 is 10.2 Å². The lowest BCUT2D eigenvalue weighted by atomic mass is 9.95. The first-order valence-electron chi connectivity index (χ1n) is 7.79. The zero-order valence-electron chi connectivity index (χ0n) is 12.7. The number of hydrogen-bond donors (Lipinski definition) is 1. The number of anilines is 1. The summed E-state index contributed by atoms with van der Waals surface area (Å²) in [4.78, 5) is 2.57. The molecule has 0 aromatic heterocycles. The molecular weight excluding hydrogens is 232 g/mol. The van der Waals surface area contributed by atoms with Gasteiger partial charge in [0.2, 0.25) is 0 Å². The van der Waals surface area contributed by atoms with Crippen molar-refractivity contribution in [2.24, 2.45) is 5.92 Å². The fraction of sp³-hybridized carbons (Fsp3) is 0.647. The molecule has 1 aliphatic rings. The van der Waals surface area contributed by atoms with Gasteiger partial charge in [-0.15, -0.1) is 0 Å². The van der Waals surface area contributed by atoms with Crippen LogP contribution in [-0.2, 0) is 6.54 Å². The lowest BCUT2D eigenvalue weighted by Gasteiger charge is -2.34. The van der Waals surface area contributed by atoms with Crippen LogP contribution in [0.15, 0.2) is 18.2 Å². The minimum Gasteiger partial charge on any atom is -0.371 e. The summed E-state index contributed by atoms with van der Waals surface area (Å²) in [6.07, 6.45) is 4.06. The first kappa shape index (κ1) is 14.4. The van der Waals surface area contributed by atoms with E-state index in [1.165, 1.54) is 49.2 Å². The summed E-state index contributed by atoms with van der Waals surface area (Å²) in [5.74, 6) is 0.885. The minimum absolute atomic E-state index is 0.885. The van der Waals surface area contributed by atoms with Crippen molar-refractivity contribution in [3.05, 3.63) is 29.3 Å². The second-order valence-electron chi connectivity index (χ2n) is 5.75. The molecule has 1 aromatic rings. The van der Waals surface area contributed by atoms with Gasteiger partial charge in [0, 0.05) is 25.3 Å². The van der Waals surface area contributed by atoms with Gasteiger partial charge in [0.25, 0.3) is 0 Å². The van der Waals surface area contributed by atoms with E-state index in [0.29, 0.717) is 0 Å². The van der Waals surface area contributed by atoms with Crippen molar-refractivity contribution in [3.8, 4) is 0 Å². The summed E-state index contributed by atoms with van der Waals surface area (Å²) in [6.45, 7) is 11.2. The van der Waals surface area contributed by atoms with Gasteiger partial charge in [-0.1, -0.05) is 26.3 Å². The number of rotatable bonds is 5. The van der Waals surface area contributed by atoms with Crippen molar-refractivity contribution in [3.63, 3.8) is 0 Å². The number of nitrogens with zero attached hydrogens (tertiary/aromatic N) is 1. The highest BCUT2D eigenvalue weighted by Crippen LogP contribution is 2.26. The first-order valence-corrected chi connectivity index (χ1v) is 7.79. The minimum atomic E-state index is 0.885. The lowest BCUT2D eigenvalue weighted by molar-refractivity contribution is 0.404. The lowest BCUT2D eigenvalue weighted by Crippen LogP contribution is -2.35. The predicted molar refractivity (Wildman–Crippen MR) is 83.8 cm³/mol. The maximum atomic E-state index is 3.41. The molecule has 19 heavy (non-hydrogen) atoms. The Balaban J connectivity index is 2.06. The number of benzene rings is 1. The molecule has 1 atom stereocenters. The Morgan fingerprint density at radius 2 is 2.16 bits per heavy atom. The van der Waals surface area contributed by atoms with E-state index in [9.17, 15) is 0 Å². The van der Waals surface area contributed by atoms with Gasteiger partial charge in [-0.2, -0.15) is 0 Å². The number of nitrogens with one attached hydrogen (secondary N) is 1. The summed E-state index contributed by atoms with van der Waals surface area (Å²) in [5, 5.41) is 3.41. The van der Waals surface area contributed by atoms with Crippen molar-refractivity contribution in [1.29, 1.82) is 0 Å². The van der Waals surface area contributed by atoms with Gasteiger partial charge in [0.1, 0.15) is 0 Å². The van der Waals surface area contributed by atoms with Crippen LogP contribution in [0.1, 0.15) is 44.2 Å². The highest BCUT2D eigenvalue weighted by Gasteiger charge is 2.18. The summed E-state index contributed by atoms with van der Waals surface area (Å²) in [6, 6.07) is 6.96. The Morgan fingerprint density at radius 1 is 1.32 bits per heavy atom. The van der Waals surface area contributed by atoms with Crippen LogP contribution in [-0.4, -0.2) is 19.6 Å². The summed E-state index contributed by atoms with van der Waals surface area (Å²) >= 11 is 0. The molecule has 0 amide bonds. The molecule has 2 nitrogen and oxygen atoms in total. The van der Waals surface area contributed by atoms with Crippen molar-refractivity contribution >= 4 is 5.69 Å². The van der Waals surface area contributed by atoms with Crippen molar-refractivity contribution in [2.45, 2.75) is 46.6 Å². The SMILES string of the molecule is CCNCc1ccc(N2CCCC(CC)C2)cc1C. The molecule has 1 saturated heterocycles. The number of hydrogen-bond acceptors (Lipinski definition) is 2.